The Balaban J connectivity index is 1.49. The summed E-state index contributed by atoms with van der Waals surface area (Å²) < 4.78 is 0. The molecule has 0 fully saturated rings. The van der Waals surface area contributed by atoms with E-state index >= 15 is 0 Å². The van der Waals surface area contributed by atoms with Gasteiger partial charge in [0.05, 0.1) is 10.7 Å². The smallest absolute Gasteiger partial charge is 0.328 e. The minimum atomic E-state index is -1.21. The fraction of sp³-hybridized carbons (Fsp3) is 0.0370. The van der Waals surface area contributed by atoms with Crippen molar-refractivity contribution in [2.45, 2.75) is 10.1 Å². The number of hydrogen-bond donors (Lipinski definition) is 3. The van der Waals surface area contributed by atoms with Crippen LogP contribution in [0.4, 0.5) is 10.8 Å². The second-order valence-corrected chi connectivity index (χ2v) is 10.6. The number of aromatic nitrogens is 1. The van der Waals surface area contributed by atoms with Gasteiger partial charge in [0.15, 0.2) is 5.13 Å². The molecule has 3 aromatic carbocycles. The van der Waals surface area contributed by atoms with E-state index in [2.05, 4.69) is 15.6 Å². The average molecular weight is 585 g/mol. The molecule has 4 rings (SSSR count). The molecule has 1 heterocycles. The predicted molar refractivity (Wildman–Crippen MR) is 153 cm³/mol. The first-order valence-corrected chi connectivity index (χ1v) is 13.6. The molecule has 0 radical (unpaired) electrons. The zero-order chi connectivity index (χ0) is 27.1. The number of anilines is 2. The quantitative estimate of drug-likeness (QED) is 0.142. The Hall–Kier alpha value is -3.63. The van der Waals surface area contributed by atoms with Crippen LogP contribution in [-0.2, 0) is 14.4 Å². The molecule has 0 aliphatic heterocycles. The van der Waals surface area contributed by atoms with Crippen LogP contribution in [-0.4, -0.2) is 27.9 Å². The van der Waals surface area contributed by atoms with Gasteiger partial charge in [-0.15, -0.1) is 23.1 Å². The highest BCUT2D eigenvalue weighted by Gasteiger charge is 2.23. The van der Waals surface area contributed by atoms with Crippen LogP contribution in [0.5, 0.6) is 0 Å². The van der Waals surface area contributed by atoms with Crippen molar-refractivity contribution in [3.8, 4) is 11.3 Å². The Kier molecular flexibility index (Phi) is 9.19. The lowest BCUT2D eigenvalue weighted by atomic mass is 10.1. The van der Waals surface area contributed by atoms with Crippen molar-refractivity contribution in [2.24, 2.45) is 0 Å². The van der Waals surface area contributed by atoms with Crippen LogP contribution in [0.25, 0.3) is 11.3 Å². The number of hydrogen-bond acceptors (Lipinski definition) is 6. The van der Waals surface area contributed by atoms with Crippen molar-refractivity contribution in [2.75, 3.05) is 10.6 Å². The summed E-state index contributed by atoms with van der Waals surface area (Å²) in [6.07, 6.45) is 1.70. The van der Waals surface area contributed by atoms with Gasteiger partial charge in [-0.25, -0.2) is 9.78 Å². The third kappa shape index (κ3) is 7.45. The van der Waals surface area contributed by atoms with Crippen LogP contribution in [0, 0.1) is 0 Å². The van der Waals surface area contributed by atoms with Crippen molar-refractivity contribution >= 4 is 74.9 Å². The zero-order valence-electron chi connectivity index (χ0n) is 19.4. The van der Waals surface area contributed by atoms with E-state index in [-0.39, 0.29) is 5.91 Å². The number of benzene rings is 3. The molecule has 0 aliphatic carbocycles. The third-order valence-corrected chi connectivity index (χ3v) is 7.61. The van der Waals surface area contributed by atoms with Gasteiger partial charge in [0, 0.05) is 38.7 Å². The fourth-order valence-corrected chi connectivity index (χ4v) is 5.55. The Bertz CT molecular complexity index is 1490. The first-order chi connectivity index (χ1) is 18.3. The molecule has 2 amide bonds. The first-order valence-electron chi connectivity index (χ1n) is 11.0. The van der Waals surface area contributed by atoms with E-state index in [9.17, 15) is 14.4 Å². The molecule has 7 nitrogen and oxygen atoms in total. The molecule has 0 bridgehead atoms. The topological polar surface area (TPSA) is 108 Å². The standard InChI is InChI=1S/C27H19Cl2N3O4S2/c28-17-6-11-20(21(29)14-17)22-15-37-27(31-22)32-26(36)25(16-4-2-1-3-5-16)38-19-9-7-18(8-10-19)30-23(33)12-13-24(34)35/h1-15,25H,(H,30,33)(H,34,35)(H,31,32,36)/b13-12+. The Morgan fingerprint density at radius 1 is 0.947 bits per heavy atom. The monoisotopic (exact) mass is 583 g/mol. The van der Waals surface area contributed by atoms with E-state index in [1.165, 1.54) is 23.1 Å². The van der Waals surface area contributed by atoms with Crippen LogP contribution >= 0.6 is 46.3 Å². The number of thioether (sulfide) groups is 1. The highest BCUT2D eigenvalue weighted by atomic mass is 35.5. The number of aliphatic carboxylic acids is 1. The molecule has 0 aliphatic rings. The number of carboxylic acid groups (broad SMARTS) is 1. The molecule has 0 saturated carbocycles. The van der Waals surface area contributed by atoms with Gasteiger partial charge in [-0.1, -0.05) is 53.5 Å². The summed E-state index contributed by atoms with van der Waals surface area (Å²) in [5, 5.41) is 16.8. The van der Waals surface area contributed by atoms with Crippen molar-refractivity contribution < 1.29 is 19.5 Å². The van der Waals surface area contributed by atoms with Gasteiger partial charge >= 0.3 is 5.97 Å². The Morgan fingerprint density at radius 2 is 1.68 bits per heavy atom. The minimum Gasteiger partial charge on any atom is -0.478 e. The highest BCUT2D eigenvalue weighted by molar-refractivity contribution is 8.00. The van der Waals surface area contributed by atoms with Crippen LogP contribution in [0.15, 0.2) is 95.2 Å². The largest absolute Gasteiger partial charge is 0.478 e. The summed E-state index contributed by atoms with van der Waals surface area (Å²) in [5.74, 6) is -2.02. The summed E-state index contributed by atoms with van der Waals surface area (Å²) in [4.78, 5) is 41.1. The van der Waals surface area contributed by atoms with E-state index in [1.807, 2.05) is 35.7 Å². The molecule has 3 N–H and O–H groups in total. The van der Waals surface area contributed by atoms with Crippen LogP contribution in [0.2, 0.25) is 10.0 Å². The molecule has 1 unspecified atom stereocenters. The zero-order valence-corrected chi connectivity index (χ0v) is 22.6. The minimum absolute atomic E-state index is 0.250. The van der Waals surface area contributed by atoms with E-state index < -0.39 is 17.1 Å². The molecule has 0 spiro atoms. The van der Waals surface area contributed by atoms with E-state index in [4.69, 9.17) is 28.3 Å². The van der Waals surface area contributed by atoms with Gasteiger partial charge in [-0.3, -0.25) is 9.59 Å². The number of nitrogens with one attached hydrogen (secondary N) is 2. The van der Waals surface area contributed by atoms with Gasteiger partial charge < -0.3 is 15.7 Å². The number of carbonyl (C=O) groups excluding carboxylic acids is 2. The second kappa shape index (κ2) is 12.7. The van der Waals surface area contributed by atoms with Gasteiger partial charge in [0.1, 0.15) is 5.25 Å². The summed E-state index contributed by atoms with van der Waals surface area (Å²) in [6, 6.07) is 21.4. The van der Waals surface area contributed by atoms with Crippen molar-refractivity contribution in [1.82, 2.24) is 4.98 Å². The maximum atomic E-state index is 13.4. The lowest BCUT2D eigenvalue weighted by molar-refractivity contribution is -0.131. The van der Waals surface area contributed by atoms with Gasteiger partial charge in [0.2, 0.25) is 11.8 Å². The molecule has 11 heteroatoms. The SMILES string of the molecule is O=C(O)/C=C/C(=O)Nc1ccc(SC(C(=O)Nc2nc(-c3ccc(Cl)cc3Cl)cs2)c2ccccc2)cc1. The normalized spacial score (nSPS) is 11.7. The highest BCUT2D eigenvalue weighted by Crippen LogP contribution is 2.38. The second-order valence-electron chi connectivity index (χ2n) is 7.75. The molecule has 1 atom stereocenters. The van der Waals surface area contributed by atoms with Crippen LogP contribution < -0.4 is 10.6 Å². The maximum Gasteiger partial charge on any atom is 0.328 e. The number of halogens is 2. The maximum absolute atomic E-state index is 13.4. The van der Waals surface area contributed by atoms with Crippen molar-refractivity contribution in [3.05, 3.63) is 106 Å². The molecular weight excluding hydrogens is 565 g/mol. The predicted octanol–water partition coefficient (Wildman–Crippen LogP) is 7.17. The number of nitrogens with zero attached hydrogens (tertiary/aromatic N) is 1. The summed E-state index contributed by atoms with van der Waals surface area (Å²) in [7, 11) is 0. The summed E-state index contributed by atoms with van der Waals surface area (Å²) in [5.41, 5.74) is 2.65. The lowest BCUT2D eigenvalue weighted by Crippen LogP contribution is -2.19. The molecule has 4 aromatic rings. The summed E-state index contributed by atoms with van der Waals surface area (Å²) in [6.45, 7) is 0. The fourth-order valence-electron chi connectivity index (χ4n) is 3.31. The van der Waals surface area contributed by atoms with E-state index in [1.54, 1.807) is 42.5 Å². The number of amides is 2. The number of rotatable bonds is 9. The summed E-state index contributed by atoms with van der Waals surface area (Å²) >= 11 is 14.9. The van der Waals surface area contributed by atoms with Gasteiger partial charge in [-0.2, -0.15) is 0 Å². The van der Waals surface area contributed by atoms with Gasteiger partial charge in [-0.05, 0) is 48.0 Å². The third-order valence-electron chi connectivity index (χ3n) is 5.03. The number of thiazole rings is 1. The molecule has 192 valence electrons. The van der Waals surface area contributed by atoms with E-state index in [0.29, 0.717) is 32.1 Å². The van der Waals surface area contributed by atoms with E-state index in [0.717, 1.165) is 22.6 Å². The molecule has 38 heavy (non-hydrogen) atoms. The lowest BCUT2D eigenvalue weighted by Gasteiger charge is -2.16. The molecule has 1 aromatic heterocycles. The average Bonchev–Trinajstić information content (AvgIpc) is 3.35. The van der Waals surface area contributed by atoms with Gasteiger partial charge in [0.25, 0.3) is 0 Å². The van der Waals surface area contributed by atoms with Crippen LogP contribution in [0.1, 0.15) is 10.8 Å². The number of carbonyl (C=O) groups is 3. The van der Waals surface area contributed by atoms with Crippen molar-refractivity contribution in [3.63, 3.8) is 0 Å². The van der Waals surface area contributed by atoms with Crippen molar-refractivity contribution in [1.29, 1.82) is 0 Å². The molecule has 0 saturated heterocycles. The number of carboxylic acids is 1. The first kappa shape index (κ1) is 27.4. The Labute approximate surface area is 236 Å². The molecular formula is C27H19Cl2N3O4S2. The Morgan fingerprint density at radius 3 is 2.37 bits per heavy atom. The van der Waals surface area contributed by atoms with Crippen LogP contribution in [0.3, 0.4) is 0 Å².